The number of rotatable bonds is 12. The average Bonchev–Trinajstić information content (AvgIpc) is 2.63. The fourth-order valence-corrected chi connectivity index (χ4v) is 2.57. The van der Waals surface area contributed by atoms with Gasteiger partial charge in [-0.1, -0.05) is 6.07 Å². The highest BCUT2D eigenvalue weighted by Crippen LogP contribution is 2.30. The zero-order valence-corrected chi connectivity index (χ0v) is 15.7. The number of carbonyl (C=O) groups excluding carboxylic acids is 2. The Balaban J connectivity index is 2.29. The van der Waals surface area contributed by atoms with Crippen LogP contribution in [0.15, 0.2) is 24.3 Å². The van der Waals surface area contributed by atoms with Gasteiger partial charge in [-0.15, -0.1) is 0 Å². The van der Waals surface area contributed by atoms with E-state index in [-0.39, 0.29) is 24.6 Å². The van der Waals surface area contributed by atoms with Gasteiger partial charge in [0.2, 0.25) is 11.8 Å². The quantitative estimate of drug-likeness (QED) is 0.391. The fourth-order valence-electron chi connectivity index (χ4n) is 2.57. The number of carbonyl (C=O) groups is 2. The van der Waals surface area contributed by atoms with Gasteiger partial charge >= 0.3 is 6.18 Å². The summed E-state index contributed by atoms with van der Waals surface area (Å²) in [6.45, 7) is 3.07. The number of anilines is 1. The Morgan fingerprint density at radius 2 is 1.68 bits per heavy atom. The minimum atomic E-state index is -4.49. The summed E-state index contributed by atoms with van der Waals surface area (Å²) in [7, 11) is 0. The third kappa shape index (κ3) is 9.67. The van der Waals surface area contributed by atoms with Crippen molar-refractivity contribution in [1.29, 1.82) is 0 Å². The molecule has 0 fully saturated rings. The molecule has 0 heterocycles. The van der Waals surface area contributed by atoms with Gasteiger partial charge in [0, 0.05) is 38.3 Å². The van der Waals surface area contributed by atoms with Gasteiger partial charge in [-0.25, -0.2) is 0 Å². The van der Waals surface area contributed by atoms with Crippen LogP contribution in [0.2, 0.25) is 0 Å². The van der Waals surface area contributed by atoms with E-state index >= 15 is 0 Å². The summed E-state index contributed by atoms with van der Waals surface area (Å²) in [5.74, 6) is -0.881. The number of unbranched alkanes of at least 4 members (excludes halogenated alkanes) is 1. The van der Waals surface area contributed by atoms with Gasteiger partial charge in [0.15, 0.2) is 0 Å². The van der Waals surface area contributed by atoms with Gasteiger partial charge < -0.3 is 27.0 Å². The summed E-state index contributed by atoms with van der Waals surface area (Å²) in [5, 5.41) is 4.80. The molecule has 2 amide bonds. The molecule has 7 nitrogen and oxygen atoms in total. The van der Waals surface area contributed by atoms with Crippen molar-refractivity contribution in [2.45, 2.75) is 25.4 Å². The average molecular weight is 403 g/mol. The molecule has 0 aliphatic heterocycles. The van der Waals surface area contributed by atoms with Crippen molar-refractivity contribution in [2.24, 2.45) is 11.5 Å². The first-order valence-corrected chi connectivity index (χ1v) is 9.12. The van der Waals surface area contributed by atoms with Crippen molar-refractivity contribution in [3.05, 3.63) is 29.8 Å². The zero-order chi connectivity index (χ0) is 21.0. The van der Waals surface area contributed by atoms with Gasteiger partial charge in [-0.05, 0) is 37.6 Å². The van der Waals surface area contributed by atoms with Crippen molar-refractivity contribution in [1.82, 2.24) is 10.2 Å². The zero-order valence-electron chi connectivity index (χ0n) is 15.7. The van der Waals surface area contributed by atoms with Gasteiger partial charge in [0.1, 0.15) is 0 Å². The maximum absolute atomic E-state index is 12.7. The van der Waals surface area contributed by atoms with Crippen LogP contribution in [0.5, 0.6) is 0 Å². The first kappa shape index (κ1) is 23.9. The molecule has 0 aliphatic rings. The van der Waals surface area contributed by atoms with Crippen molar-refractivity contribution < 1.29 is 22.8 Å². The summed E-state index contributed by atoms with van der Waals surface area (Å²) in [6, 6.07) is 4.31. The first-order valence-electron chi connectivity index (χ1n) is 9.12. The normalized spacial score (nSPS) is 11.5. The number of nitrogens with two attached hydrogens (primary N) is 2. The third-order valence-electron chi connectivity index (χ3n) is 3.94. The number of nitrogens with zero attached hydrogens (tertiary/aromatic N) is 1. The SMILES string of the molecule is NCCN(CCN)CCCCC(=O)NCC(=O)Nc1cccc(C(F)(F)F)c1. The third-order valence-corrected chi connectivity index (χ3v) is 3.94. The molecule has 158 valence electrons. The molecule has 0 saturated carbocycles. The maximum Gasteiger partial charge on any atom is 0.416 e. The summed E-state index contributed by atoms with van der Waals surface area (Å²) >= 11 is 0. The van der Waals surface area contributed by atoms with Crippen LogP contribution < -0.4 is 22.1 Å². The van der Waals surface area contributed by atoms with Crippen LogP contribution >= 0.6 is 0 Å². The van der Waals surface area contributed by atoms with Crippen LogP contribution in [-0.4, -0.2) is 56.0 Å². The highest BCUT2D eigenvalue weighted by Gasteiger charge is 2.30. The lowest BCUT2D eigenvalue weighted by Crippen LogP contribution is -2.35. The summed E-state index contributed by atoms with van der Waals surface area (Å²) in [4.78, 5) is 25.7. The highest BCUT2D eigenvalue weighted by molar-refractivity contribution is 5.94. The van der Waals surface area contributed by atoms with E-state index in [0.29, 0.717) is 19.5 Å². The second kappa shape index (κ2) is 12.3. The van der Waals surface area contributed by atoms with Crippen LogP contribution in [0.1, 0.15) is 24.8 Å². The molecule has 0 saturated heterocycles. The molecule has 10 heteroatoms. The molecular weight excluding hydrogens is 375 g/mol. The Bertz CT molecular complexity index is 619. The maximum atomic E-state index is 12.7. The molecular formula is C18H28F3N5O2. The number of hydrogen-bond acceptors (Lipinski definition) is 5. The fraction of sp³-hybridized carbons (Fsp3) is 0.556. The van der Waals surface area contributed by atoms with Crippen molar-refractivity contribution in [2.75, 3.05) is 44.6 Å². The van der Waals surface area contributed by atoms with Gasteiger partial charge in [0.25, 0.3) is 0 Å². The Labute approximate surface area is 162 Å². The van der Waals surface area contributed by atoms with E-state index in [2.05, 4.69) is 15.5 Å². The van der Waals surface area contributed by atoms with E-state index in [4.69, 9.17) is 11.5 Å². The van der Waals surface area contributed by atoms with E-state index in [1.54, 1.807) is 0 Å². The van der Waals surface area contributed by atoms with E-state index in [0.717, 1.165) is 38.2 Å². The van der Waals surface area contributed by atoms with E-state index in [1.165, 1.54) is 12.1 Å². The number of benzene rings is 1. The van der Waals surface area contributed by atoms with E-state index in [9.17, 15) is 22.8 Å². The molecule has 0 radical (unpaired) electrons. The first-order chi connectivity index (χ1) is 13.3. The van der Waals surface area contributed by atoms with Crippen LogP contribution in [-0.2, 0) is 15.8 Å². The lowest BCUT2D eigenvalue weighted by molar-refractivity contribution is -0.137. The second-order valence-corrected chi connectivity index (χ2v) is 6.28. The molecule has 1 rings (SSSR count). The Morgan fingerprint density at radius 3 is 2.29 bits per heavy atom. The van der Waals surface area contributed by atoms with Gasteiger partial charge in [-0.2, -0.15) is 13.2 Å². The molecule has 0 atom stereocenters. The van der Waals surface area contributed by atoms with E-state index < -0.39 is 17.6 Å². The minimum absolute atomic E-state index is 0.0222. The largest absolute Gasteiger partial charge is 0.416 e. The molecule has 0 aliphatic carbocycles. The molecule has 6 N–H and O–H groups in total. The minimum Gasteiger partial charge on any atom is -0.347 e. The molecule has 28 heavy (non-hydrogen) atoms. The van der Waals surface area contributed by atoms with Crippen LogP contribution in [0, 0.1) is 0 Å². The van der Waals surface area contributed by atoms with Crippen LogP contribution in [0.25, 0.3) is 0 Å². The Morgan fingerprint density at radius 1 is 1.00 bits per heavy atom. The molecule has 0 aromatic heterocycles. The molecule has 0 bridgehead atoms. The smallest absolute Gasteiger partial charge is 0.347 e. The predicted molar refractivity (Wildman–Crippen MR) is 101 cm³/mol. The lowest BCUT2D eigenvalue weighted by atomic mass is 10.2. The monoisotopic (exact) mass is 403 g/mol. The second-order valence-electron chi connectivity index (χ2n) is 6.28. The van der Waals surface area contributed by atoms with Crippen LogP contribution in [0.3, 0.4) is 0 Å². The Hall–Kier alpha value is -2.17. The molecule has 1 aromatic rings. The van der Waals surface area contributed by atoms with Crippen molar-refractivity contribution in [3.8, 4) is 0 Å². The van der Waals surface area contributed by atoms with Gasteiger partial charge in [-0.3, -0.25) is 9.59 Å². The Kier molecular flexibility index (Phi) is 10.5. The van der Waals surface area contributed by atoms with Crippen molar-refractivity contribution >= 4 is 17.5 Å². The summed E-state index contributed by atoms with van der Waals surface area (Å²) in [6.07, 6.45) is -2.79. The van der Waals surface area contributed by atoms with Crippen molar-refractivity contribution in [3.63, 3.8) is 0 Å². The lowest BCUT2D eigenvalue weighted by Gasteiger charge is -2.20. The molecule has 0 unspecified atom stereocenters. The summed E-state index contributed by atoms with van der Waals surface area (Å²) < 4.78 is 38.0. The molecule has 1 aromatic carbocycles. The highest BCUT2D eigenvalue weighted by atomic mass is 19.4. The van der Waals surface area contributed by atoms with E-state index in [1.807, 2.05) is 0 Å². The number of alkyl halides is 3. The summed E-state index contributed by atoms with van der Waals surface area (Å²) in [5.41, 5.74) is 10.2. The number of amides is 2. The number of nitrogens with one attached hydrogen (secondary N) is 2. The van der Waals surface area contributed by atoms with Crippen LogP contribution in [0.4, 0.5) is 18.9 Å². The number of hydrogen-bond donors (Lipinski definition) is 4. The van der Waals surface area contributed by atoms with Gasteiger partial charge in [0.05, 0.1) is 12.1 Å². The standard InChI is InChI=1S/C18H28F3N5O2/c19-18(20,21)14-4-3-5-15(12-14)25-17(28)13-24-16(27)6-1-2-9-26(10-7-22)11-8-23/h3-5,12H,1-2,6-11,13,22-23H2,(H,24,27)(H,25,28). The molecule has 0 spiro atoms. The predicted octanol–water partition coefficient (Wildman–Crippen LogP) is 1.15. The topological polar surface area (TPSA) is 113 Å². The number of halogens is 3.